The molecule has 0 spiro atoms. The normalized spacial score (nSPS) is 14.8. The molecule has 7 heteroatoms. The number of benzene rings is 2. The van der Waals surface area contributed by atoms with Crippen LogP contribution in [0.4, 0.5) is 4.39 Å². The molecule has 1 aliphatic heterocycles. The fourth-order valence-electron chi connectivity index (χ4n) is 4.72. The highest BCUT2D eigenvalue weighted by Crippen LogP contribution is 2.37. The Labute approximate surface area is 216 Å². The standard InChI is InChI=1S/C30H30FN3O3/c1-3-36-28-17-29-26(27(20-37-29)23-6-8-24(31)9-7-23)16-25(28)21(2)15-30(35)34-13-11-33(12-14-34)19-22-5-4-10-32-18-22/h4-10,15-18,20H,3,11-14,19H2,1-2H3/b21-15+. The van der Waals surface area contributed by atoms with Crippen LogP contribution in [0.25, 0.3) is 27.7 Å². The van der Waals surface area contributed by atoms with Crippen molar-refractivity contribution in [1.29, 1.82) is 0 Å². The highest BCUT2D eigenvalue weighted by atomic mass is 19.1. The summed E-state index contributed by atoms with van der Waals surface area (Å²) in [6, 6.07) is 14.2. The van der Waals surface area contributed by atoms with Crippen LogP contribution in [0.2, 0.25) is 0 Å². The van der Waals surface area contributed by atoms with Crippen molar-refractivity contribution in [2.75, 3.05) is 32.8 Å². The number of ether oxygens (including phenoxy) is 1. The Kier molecular flexibility index (Phi) is 7.32. The Bertz CT molecular complexity index is 1410. The lowest BCUT2D eigenvalue weighted by Crippen LogP contribution is -2.47. The number of nitrogens with zero attached hydrogens (tertiary/aromatic N) is 3. The molecule has 1 saturated heterocycles. The van der Waals surface area contributed by atoms with Gasteiger partial charge in [0.25, 0.3) is 0 Å². The first-order valence-electron chi connectivity index (χ1n) is 12.5. The summed E-state index contributed by atoms with van der Waals surface area (Å²) in [5.74, 6) is 0.371. The van der Waals surface area contributed by atoms with E-state index < -0.39 is 0 Å². The highest BCUT2D eigenvalue weighted by molar-refractivity contribution is 6.00. The van der Waals surface area contributed by atoms with Crippen LogP contribution in [-0.4, -0.2) is 53.5 Å². The lowest BCUT2D eigenvalue weighted by molar-refractivity contribution is -0.127. The Balaban J connectivity index is 1.35. The van der Waals surface area contributed by atoms with E-state index in [0.717, 1.165) is 47.3 Å². The number of furan rings is 1. The number of hydrogen-bond donors (Lipinski definition) is 0. The monoisotopic (exact) mass is 499 g/mol. The number of piperazine rings is 1. The van der Waals surface area contributed by atoms with E-state index in [1.165, 1.54) is 17.7 Å². The number of carbonyl (C=O) groups is 1. The first-order chi connectivity index (χ1) is 18.0. The second-order valence-electron chi connectivity index (χ2n) is 9.22. The van der Waals surface area contributed by atoms with Crippen LogP contribution in [0.15, 0.2) is 77.7 Å². The van der Waals surface area contributed by atoms with Crippen LogP contribution in [0.5, 0.6) is 5.75 Å². The fourth-order valence-corrected chi connectivity index (χ4v) is 4.72. The van der Waals surface area contributed by atoms with Gasteiger partial charge in [-0.3, -0.25) is 14.7 Å². The van der Waals surface area contributed by atoms with E-state index in [1.54, 1.807) is 30.7 Å². The van der Waals surface area contributed by atoms with Crippen LogP contribution in [0.3, 0.4) is 0 Å². The molecule has 6 nitrogen and oxygen atoms in total. The van der Waals surface area contributed by atoms with Gasteiger partial charge in [-0.1, -0.05) is 18.2 Å². The Morgan fingerprint density at radius 1 is 1.14 bits per heavy atom. The number of halogens is 1. The van der Waals surface area contributed by atoms with Crippen molar-refractivity contribution in [3.05, 3.63) is 90.2 Å². The Morgan fingerprint density at radius 2 is 1.92 bits per heavy atom. The molecule has 2 aromatic carbocycles. The molecule has 5 rings (SSSR count). The summed E-state index contributed by atoms with van der Waals surface area (Å²) >= 11 is 0. The first kappa shape index (κ1) is 24.7. The van der Waals surface area contributed by atoms with Gasteiger partial charge in [-0.05, 0) is 54.8 Å². The predicted octanol–water partition coefficient (Wildman–Crippen LogP) is 5.78. The van der Waals surface area contributed by atoms with E-state index >= 15 is 0 Å². The van der Waals surface area contributed by atoms with Gasteiger partial charge < -0.3 is 14.1 Å². The van der Waals surface area contributed by atoms with E-state index in [-0.39, 0.29) is 11.7 Å². The molecule has 0 radical (unpaired) electrons. The number of pyridine rings is 1. The lowest BCUT2D eigenvalue weighted by Gasteiger charge is -2.34. The second-order valence-corrected chi connectivity index (χ2v) is 9.22. The number of rotatable bonds is 7. The van der Waals surface area contributed by atoms with Crippen LogP contribution in [0.1, 0.15) is 25.0 Å². The van der Waals surface area contributed by atoms with Gasteiger partial charge >= 0.3 is 0 Å². The highest BCUT2D eigenvalue weighted by Gasteiger charge is 2.21. The van der Waals surface area contributed by atoms with Crippen LogP contribution < -0.4 is 4.74 Å². The van der Waals surface area contributed by atoms with E-state index in [0.29, 0.717) is 31.0 Å². The Morgan fingerprint density at radius 3 is 2.62 bits per heavy atom. The van der Waals surface area contributed by atoms with Gasteiger partial charge in [0, 0.05) is 73.8 Å². The van der Waals surface area contributed by atoms with Crippen molar-refractivity contribution in [3.63, 3.8) is 0 Å². The van der Waals surface area contributed by atoms with Crippen molar-refractivity contribution >= 4 is 22.4 Å². The molecule has 3 heterocycles. The van der Waals surface area contributed by atoms with E-state index in [1.807, 2.05) is 43.1 Å². The van der Waals surface area contributed by atoms with Crippen molar-refractivity contribution in [2.24, 2.45) is 0 Å². The second kappa shape index (κ2) is 11.0. The van der Waals surface area contributed by atoms with Crippen molar-refractivity contribution in [2.45, 2.75) is 20.4 Å². The number of fused-ring (bicyclic) bond motifs is 1. The molecule has 1 fully saturated rings. The number of hydrogen-bond acceptors (Lipinski definition) is 5. The molecule has 2 aromatic heterocycles. The molecule has 0 aliphatic carbocycles. The Hall–Kier alpha value is -3.97. The maximum absolute atomic E-state index is 13.5. The predicted molar refractivity (Wildman–Crippen MR) is 143 cm³/mol. The van der Waals surface area contributed by atoms with Crippen molar-refractivity contribution < 1.29 is 18.3 Å². The molecular formula is C30H30FN3O3. The fraction of sp³-hybridized carbons (Fsp3) is 0.267. The molecule has 1 amide bonds. The van der Waals surface area contributed by atoms with Gasteiger partial charge in [0.1, 0.15) is 17.1 Å². The largest absolute Gasteiger partial charge is 0.493 e. The number of carbonyl (C=O) groups excluding carboxylic acids is 1. The topological polar surface area (TPSA) is 58.8 Å². The summed E-state index contributed by atoms with van der Waals surface area (Å²) in [4.78, 5) is 21.6. The van der Waals surface area contributed by atoms with Crippen molar-refractivity contribution in [1.82, 2.24) is 14.8 Å². The molecule has 0 N–H and O–H groups in total. The third-order valence-electron chi connectivity index (χ3n) is 6.71. The SMILES string of the molecule is CCOc1cc2occ(-c3ccc(F)cc3)c2cc1/C(C)=C/C(=O)N1CCN(Cc2cccnc2)CC1. The average Bonchev–Trinajstić information content (AvgIpc) is 3.32. The maximum Gasteiger partial charge on any atom is 0.246 e. The summed E-state index contributed by atoms with van der Waals surface area (Å²) in [7, 11) is 0. The minimum absolute atomic E-state index is 0.00738. The van der Waals surface area contributed by atoms with Gasteiger partial charge in [0.15, 0.2) is 0 Å². The molecule has 0 bridgehead atoms. The summed E-state index contributed by atoms with van der Waals surface area (Å²) in [5.41, 5.74) is 5.23. The van der Waals surface area contributed by atoms with Gasteiger partial charge in [0.2, 0.25) is 5.91 Å². The molecule has 37 heavy (non-hydrogen) atoms. The number of allylic oxidation sites excluding steroid dienone is 1. The van der Waals surface area contributed by atoms with Gasteiger partial charge in [-0.2, -0.15) is 0 Å². The first-order valence-corrected chi connectivity index (χ1v) is 12.5. The average molecular weight is 500 g/mol. The summed E-state index contributed by atoms with van der Waals surface area (Å²) in [6.45, 7) is 8.17. The van der Waals surface area contributed by atoms with E-state index in [4.69, 9.17) is 9.15 Å². The van der Waals surface area contributed by atoms with Gasteiger partial charge in [-0.15, -0.1) is 0 Å². The van der Waals surface area contributed by atoms with Crippen LogP contribution in [0, 0.1) is 5.82 Å². The quantitative estimate of drug-likeness (QED) is 0.302. The zero-order valence-electron chi connectivity index (χ0n) is 21.1. The molecule has 0 unspecified atom stereocenters. The van der Waals surface area contributed by atoms with Gasteiger partial charge in [0.05, 0.1) is 12.9 Å². The third kappa shape index (κ3) is 5.57. The molecule has 190 valence electrons. The molecule has 0 saturated carbocycles. The molecule has 4 aromatic rings. The smallest absolute Gasteiger partial charge is 0.246 e. The minimum Gasteiger partial charge on any atom is -0.493 e. The van der Waals surface area contributed by atoms with Crippen LogP contribution in [-0.2, 0) is 11.3 Å². The molecule has 0 atom stereocenters. The zero-order valence-corrected chi connectivity index (χ0v) is 21.1. The third-order valence-corrected chi connectivity index (χ3v) is 6.71. The number of amides is 1. The maximum atomic E-state index is 13.5. The van der Waals surface area contributed by atoms with Gasteiger partial charge in [-0.25, -0.2) is 4.39 Å². The molecular weight excluding hydrogens is 469 g/mol. The molecule has 1 aliphatic rings. The lowest BCUT2D eigenvalue weighted by atomic mass is 9.99. The summed E-state index contributed by atoms with van der Waals surface area (Å²) in [6.07, 6.45) is 7.03. The summed E-state index contributed by atoms with van der Waals surface area (Å²) < 4.78 is 25.2. The van der Waals surface area contributed by atoms with E-state index in [2.05, 4.69) is 16.0 Å². The van der Waals surface area contributed by atoms with E-state index in [9.17, 15) is 9.18 Å². The zero-order chi connectivity index (χ0) is 25.8. The number of aromatic nitrogens is 1. The van der Waals surface area contributed by atoms with Crippen LogP contribution >= 0.6 is 0 Å². The minimum atomic E-state index is -0.286. The summed E-state index contributed by atoms with van der Waals surface area (Å²) in [5, 5.41) is 0.884. The van der Waals surface area contributed by atoms with Crippen molar-refractivity contribution in [3.8, 4) is 16.9 Å².